The molecule has 0 aliphatic heterocycles. The van der Waals surface area contributed by atoms with Crippen molar-refractivity contribution in [1.29, 1.82) is 0 Å². The monoisotopic (exact) mass is 297 g/mol. The van der Waals surface area contributed by atoms with E-state index < -0.39 is 0 Å². The molecule has 1 heterocycles. The molecule has 0 aliphatic rings. The summed E-state index contributed by atoms with van der Waals surface area (Å²) in [5.41, 5.74) is 3.75. The highest BCUT2D eigenvalue weighted by molar-refractivity contribution is 7.17. The normalized spacial score (nSPS) is 10.9. The largest absolute Gasteiger partial charge is 0.396 e. The fourth-order valence-corrected chi connectivity index (χ4v) is 3.45. The molecule has 0 saturated carbocycles. The Morgan fingerprint density at radius 1 is 1.05 bits per heavy atom. The fraction of sp³-hybridized carbons (Fsp3) is 0.222. The van der Waals surface area contributed by atoms with E-state index in [2.05, 4.69) is 59.2 Å². The lowest BCUT2D eigenvalue weighted by Crippen LogP contribution is -1.99. The Balaban J connectivity index is 1.70. The van der Waals surface area contributed by atoms with Crippen molar-refractivity contribution in [3.8, 4) is 0 Å². The SMILES string of the molecule is OCCCc1cccc(NCc2csc3ccccc23)c1. The molecule has 3 rings (SSSR count). The molecule has 0 spiro atoms. The first-order valence-corrected chi connectivity index (χ1v) is 8.13. The molecule has 0 radical (unpaired) electrons. The van der Waals surface area contributed by atoms with Gasteiger partial charge in [0.2, 0.25) is 0 Å². The Bertz CT molecular complexity index is 720. The number of thiophene rings is 1. The van der Waals surface area contributed by atoms with E-state index in [4.69, 9.17) is 5.11 Å². The number of nitrogens with one attached hydrogen (secondary N) is 1. The topological polar surface area (TPSA) is 32.3 Å². The minimum Gasteiger partial charge on any atom is -0.396 e. The molecule has 21 heavy (non-hydrogen) atoms. The van der Waals surface area contributed by atoms with Crippen LogP contribution in [0.3, 0.4) is 0 Å². The van der Waals surface area contributed by atoms with Crippen molar-refractivity contribution in [3.63, 3.8) is 0 Å². The lowest BCUT2D eigenvalue weighted by molar-refractivity contribution is 0.288. The minimum absolute atomic E-state index is 0.249. The number of aryl methyl sites for hydroxylation is 1. The molecule has 1 aromatic heterocycles. The van der Waals surface area contributed by atoms with Gasteiger partial charge >= 0.3 is 0 Å². The summed E-state index contributed by atoms with van der Waals surface area (Å²) in [5.74, 6) is 0. The summed E-state index contributed by atoms with van der Waals surface area (Å²) in [5, 5.41) is 16.0. The van der Waals surface area contributed by atoms with Crippen LogP contribution in [0.4, 0.5) is 5.69 Å². The zero-order chi connectivity index (χ0) is 14.5. The van der Waals surface area contributed by atoms with Gasteiger partial charge in [0.05, 0.1) is 0 Å². The third-order valence-electron chi connectivity index (χ3n) is 3.59. The van der Waals surface area contributed by atoms with Crippen molar-refractivity contribution in [1.82, 2.24) is 0 Å². The van der Waals surface area contributed by atoms with E-state index in [0.717, 1.165) is 25.1 Å². The number of benzene rings is 2. The van der Waals surface area contributed by atoms with E-state index >= 15 is 0 Å². The molecule has 2 aromatic carbocycles. The minimum atomic E-state index is 0.249. The van der Waals surface area contributed by atoms with Crippen LogP contribution in [0, 0.1) is 0 Å². The highest BCUT2D eigenvalue weighted by atomic mass is 32.1. The summed E-state index contributed by atoms with van der Waals surface area (Å²) < 4.78 is 1.34. The van der Waals surface area contributed by atoms with E-state index in [1.807, 2.05) is 0 Å². The smallest absolute Gasteiger partial charge is 0.0434 e. The molecule has 3 aromatic rings. The summed E-state index contributed by atoms with van der Waals surface area (Å²) >= 11 is 1.80. The average molecular weight is 297 g/mol. The quantitative estimate of drug-likeness (QED) is 0.705. The number of fused-ring (bicyclic) bond motifs is 1. The van der Waals surface area contributed by atoms with Crippen molar-refractivity contribution >= 4 is 27.1 Å². The maximum Gasteiger partial charge on any atom is 0.0434 e. The first kappa shape index (κ1) is 14.1. The second kappa shape index (κ2) is 6.74. The first-order chi connectivity index (χ1) is 10.4. The highest BCUT2D eigenvalue weighted by Gasteiger charge is 2.03. The van der Waals surface area contributed by atoms with Crippen LogP contribution in [0.2, 0.25) is 0 Å². The predicted octanol–water partition coefficient (Wildman–Crippen LogP) is 4.44. The van der Waals surface area contributed by atoms with Crippen molar-refractivity contribution in [2.75, 3.05) is 11.9 Å². The van der Waals surface area contributed by atoms with Gasteiger partial charge in [0.1, 0.15) is 0 Å². The Morgan fingerprint density at radius 3 is 2.86 bits per heavy atom. The van der Waals surface area contributed by atoms with Gasteiger partial charge < -0.3 is 10.4 Å². The van der Waals surface area contributed by atoms with Crippen molar-refractivity contribution < 1.29 is 5.11 Å². The fourth-order valence-electron chi connectivity index (χ4n) is 2.49. The second-order valence-electron chi connectivity index (χ2n) is 5.14. The Kier molecular flexibility index (Phi) is 4.53. The maximum absolute atomic E-state index is 8.91. The van der Waals surface area contributed by atoms with Crippen LogP contribution in [0.25, 0.3) is 10.1 Å². The molecule has 0 bridgehead atoms. The van der Waals surface area contributed by atoms with Gasteiger partial charge in [-0.25, -0.2) is 0 Å². The molecule has 0 fully saturated rings. The lowest BCUT2D eigenvalue weighted by Gasteiger charge is -2.08. The summed E-state index contributed by atoms with van der Waals surface area (Å²) in [6.45, 7) is 1.09. The van der Waals surface area contributed by atoms with Crippen molar-refractivity contribution in [3.05, 3.63) is 65.0 Å². The summed E-state index contributed by atoms with van der Waals surface area (Å²) in [7, 11) is 0. The molecule has 0 saturated heterocycles. The number of hydrogen-bond donors (Lipinski definition) is 2. The van der Waals surface area contributed by atoms with Gasteiger partial charge in [-0.1, -0.05) is 30.3 Å². The first-order valence-electron chi connectivity index (χ1n) is 7.25. The molecule has 3 heteroatoms. The molecule has 0 aliphatic carbocycles. The van der Waals surface area contributed by atoms with E-state index in [-0.39, 0.29) is 6.61 Å². The van der Waals surface area contributed by atoms with E-state index in [9.17, 15) is 0 Å². The number of aliphatic hydroxyl groups excluding tert-OH is 1. The van der Waals surface area contributed by atoms with Crippen LogP contribution in [-0.2, 0) is 13.0 Å². The lowest BCUT2D eigenvalue weighted by atomic mass is 10.1. The highest BCUT2D eigenvalue weighted by Crippen LogP contribution is 2.26. The average Bonchev–Trinajstić information content (AvgIpc) is 2.95. The standard InChI is InChI=1S/C18H19NOS/c20-10-4-6-14-5-3-7-16(11-14)19-12-15-13-21-18-9-2-1-8-17(15)18/h1-3,5,7-9,11,13,19-20H,4,6,10,12H2. The molecular weight excluding hydrogens is 278 g/mol. The molecule has 2 nitrogen and oxygen atoms in total. The van der Waals surface area contributed by atoms with Gasteiger partial charge in [0, 0.05) is 23.5 Å². The van der Waals surface area contributed by atoms with Crippen molar-refractivity contribution in [2.24, 2.45) is 0 Å². The molecular formula is C18H19NOS. The third-order valence-corrected chi connectivity index (χ3v) is 4.61. The van der Waals surface area contributed by atoms with E-state index in [1.54, 1.807) is 11.3 Å². The number of hydrogen-bond acceptors (Lipinski definition) is 3. The Labute approximate surface area is 129 Å². The zero-order valence-electron chi connectivity index (χ0n) is 11.9. The van der Waals surface area contributed by atoms with E-state index in [1.165, 1.54) is 21.2 Å². The number of anilines is 1. The summed E-state index contributed by atoms with van der Waals surface area (Å²) in [6, 6.07) is 17.0. The molecule has 108 valence electrons. The van der Waals surface area contributed by atoms with Crippen LogP contribution in [0.15, 0.2) is 53.9 Å². The Morgan fingerprint density at radius 2 is 1.95 bits per heavy atom. The Hall–Kier alpha value is -1.84. The predicted molar refractivity (Wildman–Crippen MR) is 91.0 cm³/mol. The van der Waals surface area contributed by atoms with Gasteiger partial charge in [-0.3, -0.25) is 0 Å². The van der Waals surface area contributed by atoms with Crippen LogP contribution in [-0.4, -0.2) is 11.7 Å². The number of rotatable bonds is 6. The van der Waals surface area contributed by atoms with Crippen LogP contribution in [0.1, 0.15) is 17.5 Å². The number of aliphatic hydroxyl groups is 1. The summed E-state index contributed by atoms with van der Waals surface area (Å²) in [6.07, 6.45) is 1.74. The van der Waals surface area contributed by atoms with Gasteiger partial charge in [0.15, 0.2) is 0 Å². The second-order valence-corrected chi connectivity index (χ2v) is 6.05. The third kappa shape index (κ3) is 3.43. The maximum atomic E-state index is 8.91. The van der Waals surface area contributed by atoms with Gasteiger partial charge in [-0.2, -0.15) is 0 Å². The summed E-state index contributed by atoms with van der Waals surface area (Å²) in [4.78, 5) is 0. The van der Waals surface area contributed by atoms with Crippen LogP contribution >= 0.6 is 11.3 Å². The van der Waals surface area contributed by atoms with Crippen LogP contribution in [0.5, 0.6) is 0 Å². The van der Waals surface area contributed by atoms with Gasteiger partial charge in [-0.15, -0.1) is 11.3 Å². The van der Waals surface area contributed by atoms with Gasteiger partial charge in [-0.05, 0) is 52.9 Å². The molecule has 0 atom stereocenters. The van der Waals surface area contributed by atoms with Crippen molar-refractivity contribution in [2.45, 2.75) is 19.4 Å². The molecule has 2 N–H and O–H groups in total. The van der Waals surface area contributed by atoms with E-state index in [0.29, 0.717) is 0 Å². The zero-order valence-corrected chi connectivity index (χ0v) is 12.7. The molecule has 0 amide bonds. The molecule has 0 unspecified atom stereocenters. The van der Waals surface area contributed by atoms with Gasteiger partial charge in [0.25, 0.3) is 0 Å². The van der Waals surface area contributed by atoms with Crippen LogP contribution < -0.4 is 5.32 Å².